The van der Waals surface area contributed by atoms with Crippen molar-refractivity contribution in [3.8, 4) is 5.69 Å². The first-order valence-corrected chi connectivity index (χ1v) is 6.23. The van der Waals surface area contributed by atoms with Gasteiger partial charge in [-0.3, -0.25) is 9.89 Å². The van der Waals surface area contributed by atoms with Crippen molar-refractivity contribution >= 4 is 0 Å². The molecular weight excluding hydrogens is 240 g/mol. The predicted octanol–water partition coefficient (Wildman–Crippen LogP) is 2.49. The van der Waals surface area contributed by atoms with Gasteiger partial charge in [0.05, 0.1) is 18.6 Å². The number of aryl methyl sites for hydroxylation is 2. The monoisotopic (exact) mass is 258 g/mol. The van der Waals surface area contributed by atoms with Crippen LogP contribution in [-0.4, -0.2) is 16.4 Å². The summed E-state index contributed by atoms with van der Waals surface area (Å²) in [7, 11) is 0. The third kappa shape index (κ3) is 2.78. The van der Waals surface area contributed by atoms with Crippen molar-refractivity contribution in [1.29, 1.82) is 0 Å². The highest BCUT2D eigenvalue weighted by atomic mass is 16.5. The van der Waals surface area contributed by atoms with E-state index in [0.717, 1.165) is 22.5 Å². The van der Waals surface area contributed by atoms with E-state index in [1.807, 2.05) is 38.1 Å². The second-order valence-corrected chi connectivity index (χ2v) is 4.48. The standard InChI is InChI=1S/C15H18N2O2/c1-4-19-9-8-14-12(3)16-17(15(14)18)13-7-5-6-11(2)10-13/h4-7,10,16H,1,8-9H2,2-3H3. The van der Waals surface area contributed by atoms with Crippen LogP contribution in [0.2, 0.25) is 0 Å². The molecule has 100 valence electrons. The van der Waals surface area contributed by atoms with Crippen molar-refractivity contribution in [2.45, 2.75) is 20.3 Å². The number of rotatable bonds is 5. The Hall–Kier alpha value is -2.23. The Bertz CT molecular complexity index is 638. The second-order valence-electron chi connectivity index (χ2n) is 4.48. The second kappa shape index (κ2) is 5.61. The van der Waals surface area contributed by atoms with Gasteiger partial charge < -0.3 is 4.74 Å². The van der Waals surface area contributed by atoms with Crippen LogP contribution >= 0.6 is 0 Å². The molecule has 0 spiro atoms. The fourth-order valence-electron chi connectivity index (χ4n) is 2.07. The van der Waals surface area contributed by atoms with Crippen molar-refractivity contribution in [3.63, 3.8) is 0 Å². The van der Waals surface area contributed by atoms with Gasteiger partial charge in [0.1, 0.15) is 0 Å². The first-order chi connectivity index (χ1) is 9.13. The van der Waals surface area contributed by atoms with E-state index in [2.05, 4.69) is 11.7 Å². The molecule has 0 unspecified atom stereocenters. The third-order valence-corrected chi connectivity index (χ3v) is 3.04. The minimum atomic E-state index is -0.0178. The van der Waals surface area contributed by atoms with E-state index in [9.17, 15) is 4.79 Å². The SMILES string of the molecule is C=COCCc1c(C)[nH]n(-c2cccc(C)c2)c1=O. The summed E-state index contributed by atoms with van der Waals surface area (Å²) in [5, 5.41) is 3.11. The van der Waals surface area contributed by atoms with E-state index in [0.29, 0.717) is 13.0 Å². The van der Waals surface area contributed by atoms with Gasteiger partial charge in [-0.15, -0.1) is 0 Å². The maximum Gasteiger partial charge on any atom is 0.274 e. The molecule has 2 rings (SSSR count). The quantitative estimate of drug-likeness (QED) is 0.661. The average Bonchev–Trinajstić information content (AvgIpc) is 2.67. The number of benzene rings is 1. The van der Waals surface area contributed by atoms with Crippen molar-refractivity contribution in [2.75, 3.05) is 6.61 Å². The number of aromatic amines is 1. The summed E-state index contributed by atoms with van der Waals surface area (Å²) in [5.41, 5.74) is 3.58. The highest BCUT2D eigenvalue weighted by Gasteiger charge is 2.12. The van der Waals surface area contributed by atoms with Gasteiger partial charge >= 0.3 is 0 Å². The molecule has 0 bridgehead atoms. The largest absolute Gasteiger partial charge is 0.501 e. The maximum absolute atomic E-state index is 12.3. The van der Waals surface area contributed by atoms with E-state index in [4.69, 9.17) is 4.74 Å². The molecule has 0 saturated carbocycles. The number of hydrogen-bond donors (Lipinski definition) is 1. The van der Waals surface area contributed by atoms with Crippen LogP contribution in [0.1, 0.15) is 16.8 Å². The Labute approximate surface area is 112 Å². The number of ether oxygens (including phenoxy) is 1. The third-order valence-electron chi connectivity index (χ3n) is 3.04. The molecule has 0 aliphatic rings. The van der Waals surface area contributed by atoms with Gasteiger partial charge in [-0.1, -0.05) is 18.7 Å². The Morgan fingerprint density at radius 2 is 2.21 bits per heavy atom. The fraction of sp³-hybridized carbons (Fsp3) is 0.267. The summed E-state index contributed by atoms with van der Waals surface area (Å²) in [5.74, 6) is 0. The molecule has 1 N–H and O–H groups in total. The molecular formula is C15H18N2O2. The van der Waals surface area contributed by atoms with E-state index in [-0.39, 0.29) is 5.56 Å². The van der Waals surface area contributed by atoms with Crippen LogP contribution in [-0.2, 0) is 11.2 Å². The normalized spacial score (nSPS) is 10.4. The number of hydrogen-bond acceptors (Lipinski definition) is 2. The lowest BCUT2D eigenvalue weighted by atomic mass is 10.2. The van der Waals surface area contributed by atoms with E-state index < -0.39 is 0 Å². The molecule has 2 aromatic rings. The minimum absolute atomic E-state index is 0.0178. The lowest BCUT2D eigenvalue weighted by Gasteiger charge is -2.02. The highest BCUT2D eigenvalue weighted by molar-refractivity contribution is 5.36. The summed E-state index contributed by atoms with van der Waals surface area (Å²) in [6.45, 7) is 7.85. The Kier molecular flexibility index (Phi) is 3.90. The molecule has 1 aromatic heterocycles. The summed E-state index contributed by atoms with van der Waals surface area (Å²) in [4.78, 5) is 12.3. The molecule has 1 heterocycles. The van der Waals surface area contributed by atoms with E-state index in [1.165, 1.54) is 6.26 Å². The average molecular weight is 258 g/mol. The minimum Gasteiger partial charge on any atom is -0.501 e. The van der Waals surface area contributed by atoms with Crippen molar-refractivity contribution < 1.29 is 4.74 Å². The van der Waals surface area contributed by atoms with Crippen LogP contribution in [0.15, 0.2) is 41.9 Å². The maximum atomic E-state index is 12.3. The van der Waals surface area contributed by atoms with E-state index >= 15 is 0 Å². The molecule has 0 aliphatic heterocycles. The van der Waals surface area contributed by atoms with Gasteiger partial charge in [0.2, 0.25) is 0 Å². The summed E-state index contributed by atoms with van der Waals surface area (Å²) < 4.78 is 6.66. The van der Waals surface area contributed by atoms with Crippen LogP contribution < -0.4 is 5.56 Å². The molecule has 19 heavy (non-hydrogen) atoms. The lowest BCUT2D eigenvalue weighted by Crippen LogP contribution is -2.18. The van der Waals surface area contributed by atoms with Gasteiger partial charge in [-0.25, -0.2) is 4.68 Å². The first-order valence-electron chi connectivity index (χ1n) is 6.23. The topological polar surface area (TPSA) is 47.0 Å². The Morgan fingerprint density at radius 3 is 2.89 bits per heavy atom. The predicted molar refractivity (Wildman–Crippen MR) is 75.7 cm³/mol. The van der Waals surface area contributed by atoms with Gasteiger partial charge in [-0.2, -0.15) is 0 Å². The van der Waals surface area contributed by atoms with Crippen molar-refractivity contribution in [2.24, 2.45) is 0 Å². The number of aromatic nitrogens is 2. The summed E-state index contributed by atoms with van der Waals surface area (Å²) in [6.07, 6.45) is 1.97. The van der Waals surface area contributed by atoms with Gasteiger partial charge in [0.25, 0.3) is 5.56 Å². The zero-order valence-corrected chi connectivity index (χ0v) is 11.3. The molecule has 0 amide bonds. The summed E-state index contributed by atoms with van der Waals surface area (Å²) in [6, 6.07) is 7.83. The number of H-pyrrole nitrogens is 1. The molecule has 1 aromatic carbocycles. The molecule has 0 radical (unpaired) electrons. The molecule has 0 saturated heterocycles. The van der Waals surface area contributed by atoms with Crippen LogP contribution in [0.3, 0.4) is 0 Å². The van der Waals surface area contributed by atoms with Crippen molar-refractivity contribution in [3.05, 3.63) is 64.3 Å². The zero-order chi connectivity index (χ0) is 13.8. The Balaban J connectivity index is 2.36. The van der Waals surface area contributed by atoms with Crippen LogP contribution in [0.25, 0.3) is 5.69 Å². The van der Waals surface area contributed by atoms with Crippen LogP contribution in [0.4, 0.5) is 0 Å². The molecule has 0 fully saturated rings. The van der Waals surface area contributed by atoms with Crippen molar-refractivity contribution in [1.82, 2.24) is 9.78 Å². The number of nitrogens with zero attached hydrogens (tertiary/aromatic N) is 1. The smallest absolute Gasteiger partial charge is 0.274 e. The van der Waals surface area contributed by atoms with Gasteiger partial charge in [0.15, 0.2) is 0 Å². The van der Waals surface area contributed by atoms with Crippen LogP contribution in [0, 0.1) is 13.8 Å². The summed E-state index contributed by atoms with van der Waals surface area (Å²) >= 11 is 0. The fourth-order valence-corrected chi connectivity index (χ4v) is 2.07. The number of nitrogens with one attached hydrogen (secondary N) is 1. The molecule has 4 nitrogen and oxygen atoms in total. The molecule has 4 heteroatoms. The zero-order valence-electron chi connectivity index (χ0n) is 11.3. The van der Waals surface area contributed by atoms with E-state index in [1.54, 1.807) is 4.68 Å². The van der Waals surface area contributed by atoms with Gasteiger partial charge in [0, 0.05) is 17.7 Å². The molecule has 0 aliphatic carbocycles. The lowest BCUT2D eigenvalue weighted by molar-refractivity contribution is 0.254. The molecule has 0 atom stereocenters. The highest BCUT2D eigenvalue weighted by Crippen LogP contribution is 2.09. The Morgan fingerprint density at radius 1 is 1.42 bits per heavy atom. The van der Waals surface area contributed by atoms with Gasteiger partial charge in [-0.05, 0) is 31.5 Å². The first kappa shape index (κ1) is 13.2. The van der Waals surface area contributed by atoms with Crippen LogP contribution in [0.5, 0.6) is 0 Å².